The van der Waals surface area contributed by atoms with Gasteiger partial charge in [0.1, 0.15) is 0 Å². The summed E-state index contributed by atoms with van der Waals surface area (Å²) in [4.78, 5) is 0. The number of allylic oxidation sites excluding steroid dienone is 2. The van der Waals surface area contributed by atoms with Gasteiger partial charge in [0.2, 0.25) is 0 Å². The Balaban J connectivity index is 2.09. The molecule has 2 unspecified atom stereocenters. The molecule has 0 saturated heterocycles. The van der Waals surface area contributed by atoms with Crippen LogP contribution in [0.3, 0.4) is 0 Å². The maximum atomic E-state index is 3.53. The molecule has 0 N–H and O–H groups in total. The average molecular weight is 132 g/mol. The van der Waals surface area contributed by atoms with E-state index >= 15 is 0 Å². The van der Waals surface area contributed by atoms with Gasteiger partial charge < -0.3 is 0 Å². The first-order valence-electron chi connectivity index (χ1n) is 4.41. The smallest absolute Gasteiger partial charge is 0.0123 e. The van der Waals surface area contributed by atoms with Gasteiger partial charge in [-0.2, -0.15) is 0 Å². The Bertz CT molecular complexity index is 200. The highest BCUT2D eigenvalue weighted by atomic mass is 14.5. The Morgan fingerprint density at radius 2 is 2.30 bits per heavy atom. The van der Waals surface area contributed by atoms with Crippen molar-refractivity contribution in [1.82, 2.24) is 0 Å². The molecule has 2 atom stereocenters. The third-order valence-electron chi connectivity index (χ3n) is 3.42. The summed E-state index contributed by atoms with van der Waals surface area (Å²) in [7, 11) is 0. The van der Waals surface area contributed by atoms with Gasteiger partial charge in [-0.3, -0.25) is 0 Å². The van der Waals surface area contributed by atoms with Crippen molar-refractivity contribution in [1.29, 1.82) is 0 Å². The summed E-state index contributed by atoms with van der Waals surface area (Å²) in [6.45, 7) is 0. The van der Waals surface area contributed by atoms with E-state index in [-0.39, 0.29) is 0 Å². The van der Waals surface area contributed by atoms with Crippen LogP contribution in [0.2, 0.25) is 0 Å². The lowest BCUT2D eigenvalue weighted by Crippen LogP contribution is -2.06. The van der Waals surface area contributed by atoms with Gasteiger partial charge in [-0.1, -0.05) is 11.1 Å². The molecule has 52 valence electrons. The van der Waals surface area contributed by atoms with Crippen molar-refractivity contribution in [2.24, 2.45) is 11.8 Å². The van der Waals surface area contributed by atoms with Crippen molar-refractivity contribution >= 4 is 0 Å². The van der Waals surface area contributed by atoms with Crippen molar-refractivity contribution in [3.8, 4) is 0 Å². The molecular formula is C10H12. The first-order chi connectivity index (χ1) is 4.95. The fourth-order valence-corrected chi connectivity index (χ4v) is 2.96. The molecule has 0 heterocycles. The van der Waals surface area contributed by atoms with Crippen molar-refractivity contribution in [2.45, 2.75) is 32.1 Å². The normalized spacial score (nSPS) is 43.2. The Kier molecular flexibility index (Phi) is 0.898. The Morgan fingerprint density at radius 3 is 3.20 bits per heavy atom. The number of rotatable bonds is 0. The van der Waals surface area contributed by atoms with Crippen LogP contribution in [0.4, 0.5) is 0 Å². The topological polar surface area (TPSA) is 0 Å². The van der Waals surface area contributed by atoms with Crippen LogP contribution in [0.1, 0.15) is 32.1 Å². The fraction of sp³-hybridized carbons (Fsp3) is 0.700. The molecule has 0 spiro atoms. The number of hydrogen-bond donors (Lipinski definition) is 0. The summed E-state index contributed by atoms with van der Waals surface area (Å²) in [5.74, 6) is 2.03. The largest absolute Gasteiger partial charge is 0.0698 e. The van der Waals surface area contributed by atoms with Crippen LogP contribution in [0.5, 0.6) is 0 Å². The Labute approximate surface area is 62.3 Å². The lowest BCUT2D eigenvalue weighted by molar-refractivity contribution is 0.411. The minimum Gasteiger partial charge on any atom is -0.0698 e. The molecule has 2 radical (unpaired) electrons. The van der Waals surface area contributed by atoms with Gasteiger partial charge in [0.15, 0.2) is 0 Å². The van der Waals surface area contributed by atoms with E-state index in [4.69, 9.17) is 0 Å². The first kappa shape index (κ1) is 5.40. The van der Waals surface area contributed by atoms with Crippen LogP contribution >= 0.6 is 0 Å². The summed E-state index contributed by atoms with van der Waals surface area (Å²) >= 11 is 0. The SMILES string of the molecule is [C]1CCC2C1=C1CCC2C1. The standard InChI is InChI=1S/C10H12/c1-2-9-7-4-5-8(6-7)10(9)3-1/h7,9H,1-2,4-6H2. The molecule has 2 fully saturated rings. The highest BCUT2D eigenvalue weighted by molar-refractivity contribution is 5.37. The molecule has 0 aromatic heterocycles. The van der Waals surface area contributed by atoms with Crippen molar-refractivity contribution in [2.75, 3.05) is 0 Å². The quantitative estimate of drug-likeness (QED) is 0.475. The third kappa shape index (κ3) is 0.492. The van der Waals surface area contributed by atoms with Crippen LogP contribution in [0, 0.1) is 18.3 Å². The molecule has 0 amide bonds. The second-order valence-electron chi connectivity index (χ2n) is 3.84. The van der Waals surface area contributed by atoms with E-state index in [1.165, 1.54) is 32.1 Å². The summed E-state index contributed by atoms with van der Waals surface area (Å²) in [6, 6.07) is 0. The Morgan fingerprint density at radius 1 is 1.30 bits per heavy atom. The molecule has 0 heteroatoms. The molecule has 3 rings (SSSR count). The van der Waals surface area contributed by atoms with Gasteiger partial charge in [-0.05, 0) is 43.9 Å². The van der Waals surface area contributed by atoms with Gasteiger partial charge in [-0.15, -0.1) is 0 Å². The predicted octanol–water partition coefficient (Wildman–Crippen LogP) is 2.59. The minimum atomic E-state index is 0.976. The zero-order valence-corrected chi connectivity index (χ0v) is 6.19. The van der Waals surface area contributed by atoms with E-state index in [0.29, 0.717) is 0 Å². The summed E-state index contributed by atoms with van der Waals surface area (Å²) in [5, 5.41) is 0. The highest BCUT2D eigenvalue weighted by Gasteiger charge is 2.41. The second kappa shape index (κ2) is 1.66. The maximum Gasteiger partial charge on any atom is 0.0123 e. The van der Waals surface area contributed by atoms with Gasteiger partial charge in [0.25, 0.3) is 0 Å². The van der Waals surface area contributed by atoms with E-state index < -0.39 is 0 Å². The highest BCUT2D eigenvalue weighted by Crippen LogP contribution is 2.54. The molecule has 0 aromatic carbocycles. The van der Waals surface area contributed by atoms with Crippen LogP contribution in [-0.2, 0) is 0 Å². The van der Waals surface area contributed by atoms with Crippen LogP contribution in [0.15, 0.2) is 11.1 Å². The molecule has 2 bridgehead atoms. The second-order valence-corrected chi connectivity index (χ2v) is 3.84. The van der Waals surface area contributed by atoms with E-state index in [1.807, 2.05) is 0 Å². The van der Waals surface area contributed by atoms with E-state index in [9.17, 15) is 0 Å². The molecule has 3 aliphatic carbocycles. The zero-order valence-electron chi connectivity index (χ0n) is 6.19. The average Bonchev–Trinajstić information content (AvgIpc) is 2.60. The predicted molar refractivity (Wildman–Crippen MR) is 40.3 cm³/mol. The van der Waals surface area contributed by atoms with E-state index in [2.05, 4.69) is 6.42 Å². The van der Waals surface area contributed by atoms with Crippen molar-refractivity contribution < 1.29 is 0 Å². The monoisotopic (exact) mass is 132 g/mol. The third-order valence-corrected chi connectivity index (χ3v) is 3.42. The van der Waals surface area contributed by atoms with E-state index in [1.54, 1.807) is 11.1 Å². The zero-order chi connectivity index (χ0) is 6.55. The molecule has 0 aromatic rings. The van der Waals surface area contributed by atoms with Crippen molar-refractivity contribution in [3.63, 3.8) is 0 Å². The van der Waals surface area contributed by atoms with Crippen LogP contribution in [-0.4, -0.2) is 0 Å². The fourth-order valence-electron chi connectivity index (χ4n) is 2.96. The maximum absolute atomic E-state index is 3.53. The van der Waals surface area contributed by atoms with Gasteiger partial charge in [0, 0.05) is 6.42 Å². The molecular weight excluding hydrogens is 120 g/mol. The van der Waals surface area contributed by atoms with E-state index in [0.717, 1.165) is 11.8 Å². The first-order valence-corrected chi connectivity index (χ1v) is 4.41. The molecule has 3 aliphatic rings. The number of fused-ring (bicyclic) bond motifs is 4. The van der Waals surface area contributed by atoms with Crippen molar-refractivity contribution in [3.05, 3.63) is 17.6 Å². The molecule has 0 aliphatic heterocycles. The number of hydrogen-bond acceptors (Lipinski definition) is 0. The summed E-state index contributed by atoms with van der Waals surface area (Å²) in [5.41, 5.74) is 3.43. The molecule has 2 saturated carbocycles. The lowest BCUT2D eigenvalue weighted by atomic mass is 9.89. The lowest BCUT2D eigenvalue weighted by Gasteiger charge is -2.16. The molecule has 0 nitrogen and oxygen atoms in total. The van der Waals surface area contributed by atoms with Gasteiger partial charge >= 0.3 is 0 Å². The van der Waals surface area contributed by atoms with Gasteiger partial charge in [-0.25, -0.2) is 0 Å². The van der Waals surface area contributed by atoms with Gasteiger partial charge in [0.05, 0.1) is 0 Å². The molecule has 10 heavy (non-hydrogen) atoms. The summed E-state index contributed by atoms with van der Waals surface area (Å²) < 4.78 is 0. The van der Waals surface area contributed by atoms with Crippen LogP contribution < -0.4 is 0 Å². The Hall–Kier alpha value is -0.260. The van der Waals surface area contributed by atoms with Crippen LogP contribution in [0.25, 0.3) is 0 Å². The minimum absolute atomic E-state index is 0.976. The summed E-state index contributed by atoms with van der Waals surface area (Å²) in [6.07, 6.45) is 10.5.